The number of aliphatic carboxylic acids is 1. The second kappa shape index (κ2) is 8.81. The molecule has 0 aliphatic carbocycles. The maximum Gasteiger partial charge on any atom is 0.441 e. The highest BCUT2D eigenvalue weighted by atomic mass is 32.2. The molecule has 0 aromatic carbocycles. The van der Waals surface area contributed by atoms with Crippen molar-refractivity contribution in [3.8, 4) is 0 Å². The molecule has 3 rings (SSSR count). The van der Waals surface area contributed by atoms with Crippen LogP contribution in [0.4, 0.5) is 13.2 Å². The van der Waals surface area contributed by atoms with Gasteiger partial charge in [0.2, 0.25) is 5.89 Å². The molecule has 0 radical (unpaired) electrons. The van der Waals surface area contributed by atoms with E-state index in [1.165, 1.54) is 0 Å². The smallest absolute Gasteiger partial charge is 0.441 e. The highest BCUT2D eigenvalue weighted by Gasteiger charge is 2.57. The number of rotatable bonds is 7. The van der Waals surface area contributed by atoms with E-state index in [-0.39, 0.29) is 33.9 Å². The zero-order valence-electron chi connectivity index (χ0n) is 15.8. The van der Waals surface area contributed by atoms with Crippen LogP contribution in [0.3, 0.4) is 0 Å². The van der Waals surface area contributed by atoms with E-state index in [2.05, 4.69) is 22.4 Å². The van der Waals surface area contributed by atoms with Gasteiger partial charge in [-0.05, 0) is 5.57 Å². The van der Waals surface area contributed by atoms with Gasteiger partial charge in [0, 0.05) is 18.6 Å². The van der Waals surface area contributed by atoms with Crippen molar-refractivity contribution in [2.75, 3.05) is 18.6 Å². The highest BCUT2D eigenvalue weighted by molar-refractivity contribution is 8.01. The SMILES string of the molecule is CN(C(=S)C(F)(F)F)C1C(=O)N2C(C(=O)O)=C(CSc3nnc(CS(=O)(=O)O)o3)CS[C@@H]12. The van der Waals surface area contributed by atoms with Gasteiger partial charge < -0.3 is 14.4 Å². The lowest BCUT2D eigenvalue weighted by Gasteiger charge is -2.52. The van der Waals surface area contributed by atoms with Gasteiger partial charge in [-0.15, -0.1) is 22.0 Å². The van der Waals surface area contributed by atoms with Crippen LogP contribution in [0.1, 0.15) is 5.89 Å². The molecule has 0 spiro atoms. The van der Waals surface area contributed by atoms with E-state index in [1.807, 2.05) is 0 Å². The Bertz CT molecular complexity index is 1100. The first-order valence-corrected chi connectivity index (χ1v) is 12.4. The number of likely N-dealkylation sites (N-methyl/N-ethyl adjacent to an activating group) is 1. The van der Waals surface area contributed by atoms with Crippen molar-refractivity contribution in [3.63, 3.8) is 0 Å². The molecular formula is C14H13F3N4O7S4. The van der Waals surface area contributed by atoms with Gasteiger partial charge in [0.05, 0.1) is 0 Å². The third-order valence-corrected chi connectivity index (χ3v) is 7.69. The molecule has 0 saturated carbocycles. The quantitative estimate of drug-likeness (QED) is 0.221. The van der Waals surface area contributed by atoms with Crippen LogP contribution >= 0.6 is 35.7 Å². The molecule has 3 heterocycles. The average Bonchev–Trinajstić information content (AvgIpc) is 3.09. The van der Waals surface area contributed by atoms with Crippen LogP contribution in [0.2, 0.25) is 0 Å². The number of carbonyl (C=O) groups is 2. The molecule has 1 fully saturated rings. The van der Waals surface area contributed by atoms with E-state index in [9.17, 15) is 36.3 Å². The molecular weight excluding hydrogens is 521 g/mol. The lowest BCUT2D eigenvalue weighted by atomic mass is 10.0. The zero-order valence-corrected chi connectivity index (χ0v) is 19.0. The van der Waals surface area contributed by atoms with Crippen LogP contribution in [0, 0.1) is 0 Å². The van der Waals surface area contributed by atoms with Gasteiger partial charge in [0.15, 0.2) is 10.7 Å². The topological polar surface area (TPSA) is 154 Å². The first kappa shape index (κ1) is 24.7. The lowest BCUT2D eigenvalue weighted by molar-refractivity contribution is -0.152. The summed E-state index contributed by atoms with van der Waals surface area (Å²) in [7, 11) is -3.35. The van der Waals surface area contributed by atoms with E-state index in [0.717, 1.165) is 35.5 Å². The molecule has 1 saturated heterocycles. The number of carboxylic acid groups (broad SMARTS) is 1. The van der Waals surface area contributed by atoms with Gasteiger partial charge in [0.1, 0.15) is 17.1 Å². The van der Waals surface area contributed by atoms with Crippen molar-refractivity contribution in [2.24, 2.45) is 0 Å². The third-order valence-electron chi connectivity index (χ3n) is 4.33. The number of thiocarbonyl (C=S) groups is 1. The fourth-order valence-corrected chi connectivity index (χ4v) is 5.90. The number of β-lactam (4-membered cyclic amide) rings is 1. The molecule has 2 atom stereocenters. The maximum atomic E-state index is 12.9. The number of carbonyl (C=O) groups excluding carboxylic acids is 1. The summed E-state index contributed by atoms with van der Waals surface area (Å²) in [4.78, 5) is 24.5. The summed E-state index contributed by atoms with van der Waals surface area (Å²) < 4.78 is 74.2. The summed E-state index contributed by atoms with van der Waals surface area (Å²) in [5.41, 5.74) is -0.0716. The van der Waals surface area contributed by atoms with Crippen molar-refractivity contribution in [1.82, 2.24) is 20.0 Å². The van der Waals surface area contributed by atoms with Gasteiger partial charge in [-0.25, -0.2) is 4.79 Å². The van der Waals surface area contributed by atoms with E-state index in [4.69, 9.17) is 8.97 Å². The van der Waals surface area contributed by atoms with Crippen LogP contribution < -0.4 is 0 Å². The number of nitrogens with zero attached hydrogens (tertiary/aromatic N) is 4. The summed E-state index contributed by atoms with van der Waals surface area (Å²) in [5, 5.41) is 15.7. The van der Waals surface area contributed by atoms with Crippen molar-refractivity contribution >= 4 is 62.7 Å². The second-order valence-electron chi connectivity index (χ2n) is 6.50. The number of aromatic nitrogens is 2. The molecule has 176 valence electrons. The minimum Gasteiger partial charge on any atom is -0.477 e. The number of amides is 1. The van der Waals surface area contributed by atoms with Crippen molar-refractivity contribution in [3.05, 3.63) is 17.2 Å². The number of alkyl halides is 3. The van der Waals surface area contributed by atoms with Gasteiger partial charge in [-0.2, -0.15) is 21.6 Å². The van der Waals surface area contributed by atoms with E-state index in [0.29, 0.717) is 4.90 Å². The molecule has 1 amide bonds. The van der Waals surface area contributed by atoms with Gasteiger partial charge >= 0.3 is 12.1 Å². The number of halogens is 3. The Labute approximate surface area is 192 Å². The van der Waals surface area contributed by atoms with Gasteiger partial charge in [-0.3, -0.25) is 14.2 Å². The second-order valence-corrected chi connectivity index (χ2v) is 10.4. The van der Waals surface area contributed by atoms with E-state index >= 15 is 0 Å². The first-order valence-electron chi connectivity index (χ1n) is 8.35. The molecule has 1 unspecified atom stereocenters. The number of carboxylic acids is 1. The van der Waals surface area contributed by atoms with Crippen LogP contribution in [0.15, 0.2) is 20.9 Å². The number of hydrogen-bond donors (Lipinski definition) is 2. The maximum absolute atomic E-state index is 12.9. The lowest BCUT2D eigenvalue weighted by Crippen LogP contribution is -2.71. The van der Waals surface area contributed by atoms with Crippen LogP contribution in [0.25, 0.3) is 0 Å². The summed E-state index contributed by atoms with van der Waals surface area (Å²) in [6.45, 7) is 0. The summed E-state index contributed by atoms with van der Waals surface area (Å²) >= 11 is 6.34. The normalized spacial score (nSPS) is 21.3. The minimum absolute atomic E-state index is 0.0277. The average molecular weight is 535 g/mol. The van der Waals surface area contributed by atoms with Crippen LogP contribution in [0.5, 0.6) is 0 Å². The van der Waals surface area contributed by atoms with Crippen LogP contribution in [-0.2, 0) is 25.5 Å². The van der Waals surface area contributed by atoms with Crippen molar-refractivity contribution in [2.45, 2.75) is 28.6 Å². The largest absolute Gasteiger partial charge is 0.477 e. The van der Waals surface area contributed by atoms with Gasteiger partial charge in [-0.1, -0.05) is 24.0 Å². The Morgan fingerprint density at radius 1 is 1.44 bits per heavy atom. The van der Waals surface area contributed by atoms with Gasteiger partial charge in [0.25, 0.3) is 21.2 Å². The predicted octanol–water partition coefficient (Wildman–Crippen LogP) is 0.993. The molecule has 2 aliphatic rings. The molecule has 11 nitrogen and oxygen atoms in total. The Hall–Kier alpha value is -1.89. The molecule has 2 N–H and O–H groups in total. The fourth-order valence-electron chi connectivity index (χ4n) is 2.98. The third kappa shape index (κ3) is 5.03. The molecule has 32 heavy (non-hydrogen) atoms. The Morgan fingerprint density at radius 3 is 2.66 bits per heavy atom. The number of thioether (sulfide) groups is 2. The standard InChI is InChI=1S/C14H13F3N4O7S4/c1-20(12(29)14(15,16)17)8-9(22)21-7(11(23)24)5(2-30-10(8)21)3-31-13-19-18-6(28-13)4-32(25,26)27/h8,10H,2-4H2,1H3,(H,23,24)(H,25,26,27)/t8?,10-/m0/s1. The summed E-state index contributed by atoms with van der Waals surface area (Å²) in [5.74, 6) is -3.46. The monoisotopic (exact) mass is 534 g/mol. The predicted molar refractivity (Wildman–Crippen MR) is 108 cm³/mol. The number of hydrogen-bond acceptors (Lipinski definition) is 10. The highest BCUT2D eigenvalue weighted by Crippen LogP contribution is 2.43. The minimum atomic E-state index is -4.81. The van der Waals surface area contributed by atoms with E-state index in [1.54, 1.807) is 0 Å². The number of fused-ring (bicyclic) bond motifs is 1. The molecule has 1 aromatic heterocycles. The van der Waals surface area contributed by atoms with Crippen molar-refractivity contribution < 1.29 is 45.3 Å². The van der Waals surface area contributed by atoms with Crippen molar-refractivity contribution in [1.29, 1.82) is 0 Å². The summed E-state index contributed by atoms with van der Waals surface area (Å²) in [6, 6.07) is -1.25. The fraction of sp³-hybridized carbons (Fsp3) is 0.500. The Morgan fingerprint density at radius 2 is 2.09 bits per heavy atom. The zero-order chi connectivity index (χ0) is 24.0. The summed E-state index contributed by atoms with van der Waals surface area (Å²) in [6.07, 6.45) is -4.81. The first-order chi connectivity index (χ1) is 14.7. The molecule has 0 bridgehead atoms. The Balaban J connectivity index is 1.75. The van der Waals surface area contributed by atoms with Crippen LogP contribution in [-0.4, -0.2) is 91.1 Å². The molecule has 1 aromatic rings. The molecule has 18 heteroatoms. The van der Waals surface area contributed by atoms with E-state index < -0.39 is 50.3 Å². The Kier molecular flexibility index (Phi) is 6.81. The molecule has 2 aliphatic heterocycles.